The summed E-state index contributed by atoms with van der Waals surface area (Å²) >= 11 is 1.29. The van der Waals surface area contributed by atoms with Crippen molar-refractivity contribution in [3.8, 4) is 16.3 Å². The fourth-order valence-corrected chi connectivity index (χ4v) is 3.67. The van der Waals surface area contributed by atoms with Crippen LogP contribution in [0.15, 0.2) is 47.8 Å². The number of alkyl halides is 3. The van der Waals surface area contributed by atoms with Crippen molar-refractivity contribution in [2.75, 3.05) is 0 Å². The Labute approximate surface area is 160 Å². The Morgan fingerprint density at radius 2 is 1.89 bits per heavy atom. The zero-order valence-corrected chi connectivity index (χ0v) is 15.1. The van der Waals surface area contributed by atoms with Gasteiger partial charge in [-0.25, -0.2) is 9.67 Å². The van der Waals surface area contributed by atoms with E-state index in [2.05, 4.69) is 10.1 Å². The molecular formula is C19H11F3N3O2S-. The molecule has 1 aromatic carbocycles. The normalized spacial score (nSPS) is 11.9. The van der Waals surface area contributed by atoms with Gasteiger partial charge in [0.15, 0.2) is 5.65 Å². The number of carbonyl (C=O) groups excluding carboxylic acids is 1. The lowest BCUT2D eigenvalue weighted by atomic mass is 10.1. The summed E-state index contributed by atoms with van der Waals surface area (Å²) in [5.74, 6) is -1.34. The summed E-state index contributed by atoms with van der Waals surface area (Å²) < 4.78 is 42.5. The number of pyridine rings is 1. The predicted octanol–water partition coefficient (Wildman–Crippen LogP) is 3.84. The highest BCUT2D eigenvalue weighted by atomic mass is 32.1. The van der Waals surface area contributed by atoms with Crippen molar-refractivity contribution in [1.29, 1.82) is 0 Å². The number of hydrogen-bond donors (Lipinski definition) is 0. The van der Waals surface area contributed by atoms with Gasteiger partial charge in [-0.3, -0.25) is 0 Å². The van der Waals surface area contributed by atoms with E-state index in [1.807, 2.05) is 0 Å². The molecule has 4 rings (SSSR count). The number of halogens is 3. The minimum absolute atomic E-state index is 0.0415. The zero-order valence-electron chi connectivity index (χ0n) is 14.3. The summed E-state index contributed by atoms with van der Waals surface area (Å²) in [6, 6.07) is 9.98. The van der Waals surface area contributed by atoms with Gasteiger partial charge in [0.25, 0.3) is 0 Å². The van der Waals surface area contributed by atoms with E-state index in [0.29, 0.717) is 10.6 Å². The number of hydrogen-bond acceptors (Lipinski definition) is 5. The quantitative estimate of drug-likeness (QED) is 0.522. The van der Waals surface area contributed by atoms with E-state index in [1.54, 1.807) is 17.5 Å². The van der Waals surface area contributed by atoms with Crippen molar-refractivity contribution in [3.05, 3.63) is 64.7 Å². The molecule has 28 heavy (non-hydrogen) atoms. The van der Waals surface area contributed by atoms with Crippen molar-refractivity contribution in [3.63, 3.8) is 0 Å². The molecule has 0 saturated carbocycles. The second kappa shape index (κ2) is 6.45. The fourth-order valence-electron chi connectivity index (χ4n) is 2.98. The molecule has 0 aliphatic heterocycles. The summed E-state index contributed by atoms with van der Waals surface area (Å²) in [7, 11) is 0. The maximum Gasteiger partial charge on any atom is 0.417 e. The van der Waals surface area contributed by atoms with Crippen LogP contribution in [0.1, 0.15) is 21.6 Å². The largest absolute Gasteiger partial charge is 0.545 e. The number of aromatic carboxylic acids is 1. The van der Waals surface area contributed by atoms with Gasteiger partial charge >= 0.3 is 6.18 Å². The molecule has 0 radical (unpaired) electrons. The minimum atomic E-state index is -4.58. The molecule has 0 spiro atoms. The molecule has 0 saturated heterocycles. The van der Waals surface area contributed by atoms with E-state index in [4.69, 9.17) is 0 Å². The molecule has 0 atom stereocenters. The molecule has 0 unspecified atom stereocenters. The van der Waals surface area contributed by atoms with Crippen LogP contribution in [0.3, 0.4) is 0 Å². The van der Waals surface area contributed by atoms with Gasteiger partial charge in [-0.05, 0) is 42.1 Å². The molecule has 0 amide bonds. The Morgan fingerprint density at radius 3 is 2.46 bits per heavy atom. The van der Waals surface area contributed by atoms with E-state index in [-0.39, 0.29) is 28.0 Å². The van der Waals surface area contributed by atoms with E-state index < -0.39 is 17.7 Å². The molecule has 3 aromatic heterocycles. The number of rotatable bonds is 3. The third-order valence-electron chi connectivity index (χ3n) is 4.24. The van der Waals surface area contributed by atoms with Gasteiger partial charge in [0.1, 0.15) is 0 Å². The topological polar surface area (TPSA) is 70.8 Å². The summed E-state index contributed by atoms with van der Waals surface area (Å²) in [4.78, 5) is 16.0. The summed E-state index contributed by atoms with van der Waals surface area (Å²) in [5.41, 5.74) is -0.0287. The lowest BCUT2D eigenvalue weighted by molar-refractivity contribution is -0.255. The standard InChI is InChI=1S/C19H12F3N3O2S/c1-10-16-13(19(20,21)22)9-14(15-3-2-8-28-15)23-17(16)25(24-10)12-6-4-11(5-7-12)18(26)27/h2-9H,1H3,(H,26,27)/p-1. The molecule has 3 heterocycles. The molecule has 5 nitrogen and oxygen atoms in total. The van der Waals surface area contributed by atoms with Crippen LogP contribution in [0.4, 0.5) is 13.2 Å². The molecule has 0 fully saturated rings. The first-order chi connectivity index (χ1) is 13.3. The molecule has 0 bridgehead atoms. The van der Waals surface area contributed by atoms with Crippen molar-refractivity contribution in [2.45, 2.75) is 13.1 Å². The smallest absolute Gasteiger partial charge is 0.417 e. The van der Waals surface area contributed by atoms with Gasteiger partial charge in [-0.2, -0.15) is 18.3 Å². The van der Waals surface area contributed by atoms with Crippen molar-refractivity contribution < 1.29 is 23.1 Å². The lowest BCUT2D eigenvalue weighted by Gasteiger charge is -2.11. The average molecular weight is 402 g/mol. The van der Waals surface area contributed by atoms with Crippen LogP contribution in [0.2, 0.25) is 0 Å². The van der Waals surface area contributed by atoms with E-state index >= 15 is 0 Å². The van der Waals surface area contributed by atoms with Gasteiger partial charge in [0.05, 0.1) is 38.9 Å². The number of fused-ring (bicyclic) bond motifs is 1. The Bertz CT molecular complexity index is 1180. The number of carbonyl (C=O) groups is 1. The number of aryl methyl sites for hydroxylation is 1. The van der Waals surface area contributed by atoms with E-state index in [9.17, 15) is 23.1 Å². The first-order valence-electron chi connectivity index (χ1n) is 8.09. The Balaban J connectivity index is 2.00. The minimum Gasteiger partial charge on any atom is -0.545 e. The molecule has 9 heteroatoms. The van der Waals surface area contributed by atoms with Crippen LogP contribution in [-0.2, 0) is 6.18 Å². The number of carboxylic acid groups (broad SMARTS) is 1. The SMILES string of the molecule is Cc1nn(-c2ccc(C(=O)[O-])cc2)c2nc(-c3cccs3)cc(C(F)(F)F)c12. The van der Waals surface area contributed by atoms with Crippen LogP contribution in [0, 0.1) is 6.92 Å². The predicted molar refractivity (Wildman–Crippen MR) is 96.2 cm³/mol. The Hall–Kier alpha value is -3.20. The highest BCUT2D eigenvalue weighted by molar-refractivity contribution is 7.13. The van der Waals surface area contributed by atoms with Crippen LogP contribution < -0.4 is 5.11 Å². The molecular weight excluding hydrogens is 391 g/mol. The van der Waals surface area contributed by atoms with Gasteiger partial charge in [-0.1, -0.05) is 18.2 Å². The zero-order chi connectivity index (χ0) is 20.1. The maximum atomic E-state index is 13.7. The van der Waals surface area contributed by atoms with E-state index in [0.717, 1.165) is 6.07 Å². The second-order valence-corrected chi connectivity index (χ2v) is 7.01. The number of aromatic nitrogens is 3. The summed E-state index contributed by atoms with van der Waals surface area (Å²) in [6.45, 7) is 1.48. The first-order valence-corrected chi connectivity index (χ1v) is 8.97. The van der Waals surface area contributed by atoms with Gasteiger partial charge in [0.2, 0.25) is 0 Å². The first kappa shape index (κ1) is 18.2. The second-order valence-electron chi connectivity index (χ2n) is 6.06. The van der Waals surface area contributed by atoms with Gasteiger partial charge < -0.3 is 9.90 Å². The summed E-state index contributed by atoms with van der Waals surface area (Å²) in [6.07, 6.45) is -4.58. The van der Waals surface area contributed by atoms with Crippen LogP contribution in [-0.4, -0.2) is 20.7 Å². The highest BCUT2D eigenvalue weighted by Crippen LogP contribution is 2.39. The van der Waals surface area contributed by atoms with Gasteiger partial charge in [-0.15, -0.1) is 11.3 Å². The average Bonchev–Trinajstić information content (AvgIpc) is 3.29. The number of nitrogens with zero attached hydrogens (tertiary/aromatic N) is 3. The number of benzene rings is 1. The highest BCUT2D eigenvalue weighted by Gasteiger charge is 2.36. The molecule has 142 valence electrons. The van der Waals surface area contributed by atoms with Crippen molar-refractivity contribution in [2.24, 2.45) is 0 Å². The fraction of sp³-hybridized carbons (Fsp3) is 0.105. The summed E-state index contributed by atoms with van der Waals surface area (Å²) in [5, 5.41) is 16.8. The Kier molecular flexibility index (Phi) is 4.19. The van der Waals surface area contributed by atoms with Crippen LogP contribution in [0.5, 0.6) is 0 Å². The number of carboxylic acids is 1. The molecule has 0 aliphatic rings. The van der Waals surface area contributed by atoms with Crippen LogP contribution >= 0.6 is 11.3 Å². The Morgan fingerprint density at radius 1 is 1.18 bits per heavy atom. The molecule has 0 N–H and O–H groups in total. The molecule has 0 aliphatic carbocycles. The van der Waals surface area contributed by atoms with Crippen LogP contribution in [0.25, 0.3) is 27.3 Å². The molecule has 4 aromatic rings. The van der Waals surface area contributed by atoms with Gasteiger partial charge in [0, 0.05) is 0 Å². The lowest BCUT2D eigenvalue weighted by Crippen LogP contribution is -2.22. The number of thiophene rings is 1. The monoisotopic (exact) mass is 402 g/mol. The maximum absolute atomic E-state index is 13.7. The van der Waals surface area contributed by atoms with E-state index in [1.165, 1.54) is 47.2 Å². The van der Waals surface area contributed by atoms with Crippen molar-refractivity contribution >= 4 is 28.3 Å². The van der Waals surface area contributed by atoms with Crippen molar-refractivity contribution in [1.82, 2.24) is 14.8 Å². The third-order valence-corrected chi connectivity index (χ3v) is 5.13. The third kappa shape index (κ3) is 3.03.